The van der Waals surface area contributed by atoms with Gasteiger partial charge in [-0.05, 0) is 13.8 Å². The number of hydrogen-bond donors (Lipinski definition) is 1. The summed E-state index contributed by atoms with van der Waals surface area (Å²) in [6.45, 7) is 6.63. The van der Waals surface area contributed by atoms with E-state index in [1.165, 1.54) is 0 Å². The molecule has 80 valence electrons. The molecule has 0 amide bonds. The molecule has 0 spiro atoms. The highest BCUT2D eigenvalue weighted by molar-refractivity contribution is 8.20. The second kappa shape index (κ2) is 2.31. The van der Waals surface area contributed by atoms with Crippen molar-refractivity contribution in [3.63, 3.8) is 0 Å². The Balaban J connectivity index is 2.08. The quantitative estimate of drug-likeness (QED) is 0.695. The molecule has 0 aliphatic carbocycles. The molecule has 4 heterocycles. The molecule has 0 aromatic rings. The summed E-state index contributed by atoms with van der Waals surface area (Å²) >= 11 is 3.92. The molecule has 4 saturated heterocycles. The van der Waals surface area contributed by atoms with Gasteiger partial charge in [0.25, 0.3) is 0 Å². The zero-order valence-electron chi connectivity index (χ0n) is 8.79. The summed E-state index contributed by atoms with van der Waals surface area (Å²) in [5, 5.41) is 10.3. The van der Waals surface area contributed by atoms with E-state index in [9.17, 15) is 5.11 Å². The third-order valence-electron chi connectivity index (χ3n) is 3.24. The third-order valence-corrected chi connectivity index (χ3v) is 6.34. The Morgan fingerprint density at radius 3 is 2.29 bits per heavy atom. The molecule has 0 saturated carbocycles. The van der Waals surface area contributed by atoms with Gasteiger partial charge in [0.2, 0.25) is 0 Å². The molecule has 1 N–H and O–H groups in total. The Kier molecular flexibility index (Phi) is 1.62. The topological polar surface area (TPSA) is 29.5 Å². The predicted molar refractivity (Wildman–Crippen MR) is 60.3 cm³/mol. The van der Waals surface area contributed by atoms with E-state index in [2.05, 4.69) is 20.8 Å². The molecular weight excluding hydrogens is 216 g/mol. The maximum absolute atomic E-state index is 10.3. The van der Waals surface area contributed by atoms with Crippen LogP contribution in [-0.2, 0) is 4.74 Å². The zero-order valence-corrected chi connectivity index (χ0v) is 10.4. The Labute approximate surface area is 93.2 Å². The van der Waals surface area contributed by atoms with Gasteiger partial charge >= 0.3 is 0 Å². The van der Waals surface area contributed by atoms with Crippen LogP contribution in [0.3, 0.4) is 0 Å². The summed E-state index contributed by atoms with van der Waals surface area (Å²) in [5.74, 6) is -0.854. The summed E-state index contributed by atoms with van der Waals surface area (Å²) in [6.07, 6.45) is 2.60. The lowest BCUT2D eigenvalue weighted by molar-refractivity contribution is -0.279. The van der Waals surface area contributed by atoms with Crippen LogP contribution in [0.4, 0.5) is 0 Å². The standard InChI is InChI=1S/C10H16O2S2/c1-7-4-8(2)12-10(11,5-7)6-9(3,13-7)14-8/h11H,4-6H2,1-3H3/t7-,8+,9+,10+/m0/s1. The summed E-state index contributed by atoms with van der Waals surface area (Å²) in [5.41, 5.74) is 0. The highest BCUT2D eigenvalue weighted by atomic mass is 32.2. The van der Waals surface area contributed by atoms with E-state index >= 15 is 0 Å². The van der Waals surface area contributed by atoms with Gasteiger partial charge < -0.3 is 9.84 Å². The van der Waals surface area contributed by atoms with Gasteiger partial charge in [-0.2, -0.15) is 0 Å². The molecule has 0 aromatic carbocycles. The lowest BCUT2D eigenvalue weighted by atomic mass is 9.86. The van der Waals surface area contributed by atoms with E-state index in [0.29, 0.717) is 0 Å². The van der Waals surface area contributed by atoms with Gasteiger partial charge in [-0.25, -0.2) is 0 Å². The number of rotatable bonds is 0. The van der Waals surface area contributed by atoms with Gasteiger partial charge in [0.05, 0.1) is 4.08 Å². The largest absolute Gasteiger partial charge is 0.365 e. The van der Waals surface area contributed by atoms with Crippen LogP contribution in [0.1, 0.15) is 40.0 Å². The van der Waals surface area contributed by atoms with E-state index < -0.39 is 5.79 Å². The van der Waals surface area contributed by atoms with Crippen LogP contribution in [0.5, 0.6) is 0 Å². The molecule has 0 radical (unpaired) electrons. The van der Waals surface area contributed by atoms with Crippen molar-refractivity contribution < 1.29 is 9.84 Å². The van der Waals surface area contributed by atoms with Crippen molar-refractivity contribution >= 4 is 23.5 Å². The van der Waals surface area contributed by atoms with Crippen molar-refractivity contribution in [2.75, 3.05) is 0 Å². The first-order chi connectivity index (χ1) is 6.24. The Hall–Kier alpha value is 0.620. The fourth-order valence-electron chi connectivity index (χ4n) is 3.60. The molecule has 0 aromatic heterocycles. The normalized spacial score (nSPS) is 66.0. The first-order valence-corrected chi connectivity index (χ1v) is 6.70. The fourth-order valence-corrected chi connectivity index (χ4v) is 8.78. The fraction of sp³-hybridized carbons (Fsp3) is 1.00. The number of aliphatic hydroxyl groups is 1. The molecule has 14 heavy (non-hydrogen) atoms. The predicted octanol–water partition coefficient (Wildman–Crippen LogP) is 2.56. The highest BCUT2D eigenvalue weighted by Crippen LogP contribution is 2.71. The highest BCUT2D eigenvalue weighted by Gasteiger charge is 2.66. The Morgan fingerprint density at radius 1 is 1.07 bits per heavy atom. The lowest BCUT2D eigenvalue weighted by Gasteiger charge is -2.65. The molecular formula is C10H16O2S2. The van der Waals surface area contributed by atoms with Gasteiger partial charge in [0.1, 0.15) is 4.93 Å². The minimum atomic E-state index is -0.854. The molecule has 4 rings (SSSR count). The van der Waals surface area contributed by atoms with Gasteiger partial charge in [0, 0.05) is 24.0 Å². The summed E-state index contributed by atoms with van der Waals surface area (Å²) in [6, 6.07) is 0. The number of thioether (sulfide) groups is 2. The van der Waals surface area contributed by atoms with Gasteiger partial charge in [-0.3, -0.25) is 0 Å². The average Bonchev–Trinajstić information content (AvgIpc) is 1.67. The van der Waals surface area contributed by atoms with Crippen molar-refractivity contribution in [2.45, 2.75) is 59.6 Å². The Bertz CT molecular complexity index is 209. The van der Waals surface area contributed by atoms with E-state index in [1.807, 2.05) is 23.5 Å². The summed E-state index contributed by atoms with van der Waals surface area (Å²) in [7, 11) is 0. The number of hydrogen-bond acceptors (Lipinski definition) is 4. The first kappa shape index (κ1) is 9.82. The van der Waals surface area contributed by atoms with Crippen LogP contribution in [-0.4, -0.2) is 24.7 Å². The molecule has 4 aliphatic rings. The smallest absolute Gasteiger partial charge is 0.170 e. The third kappa shape index (κ3) is 1.27. The number of ether oxygens (including phenoxy) is 1. The van der Waals surface area contributed by atoms with Crippen molar-refractivity contribution in [3.8, 4) is 0 Å². The molecule has 4 aliphatic heterocycles. The van der Waals surface area contributed by atoms with Gasteiger partial charge in [-0.15, -0.1) is 23.5 Å². The van der Waals surface area contributed by atoms with Crippen LogP contribution in [0.15, 0.2) is 0 Å². The maximum atomic E-state index is 10.3. The molecule has 4 bridgehead atoms. The first-order valence-electron chi connectivity index (χ1n) is 5.07. The summed E-state index contributed by atoms with van der Waals surface area (Å²) in [4.78, 5) is -0.167. The lowest BCUT2D eigenvalue weighted by Crippen LogP contribution is -2.65. The van der Waals surface area contributed by atoms with Crippen LogP contribution >= 0.6 is 23.5 Å². The van der Waals surface area contributed by atoms with Crippen molar-refractivity contribution in [1.29, 1.82) is 0 Å². The second-order valence-electron chi connectivity index (χ2n) is 5.50. The van der Waals surface area contributed by atoms with E-state index in [4.69, 9.17) is 4.74 Å². The maximum Gasteiger partial charge on any atom is 0.170 e. The molecule has 2 nitrogen and oxygen atoms in total. The average molecular weight is 232 g/mol. The zero-order chi connectivity index (χ0) is 10.2. The second-order valence-corrected chi connectivity index (χ2v) is 9.82. The van der Waals surface area contributed by atoms with E-state index in [0.717, 1.165) is 19.3 Å². The monoisotopic (exact) mass is 232 g/mol. The minimum Gasteiger partial charge on any atom is -0.365 e. The van der Waals surface area contributed by atoms with Crippen molar-refractivity contribution in [1.82, 2.24) is 0 Å². The molecule has 0 unspecified atom stereocenters. The molecule has 4 atom stereocenters. The van der Waals surface area contributed by atoms with Crippen LogP contribution < -0.4 is 0 Å². The van der Waals surface area contributed by atoms with Crippen LogP contribution in [0.2, 0.25) is 0 Å². The SMILES string of the molecule is C[C@]12C[C@]3(O)C[C@](C)(S1)S[C@](C)(C2)O3. The van der Waals surface area contributed by atoms with Gasteiger partial charge in [0.15, 0.2) is 5.79 Å². The molecule has 4 heteroatoms. The van der Waals surface area contributed by atoms with Gasteiger partial charge in [-0.1, -0.05) is 6.92 Å². The van der Waals surface area contributed by atoms with Crippen LogP contribution in [0, 0.1) is 0 Å². The van der Waals surface area contributed by atoms with E-state index in [1.54, 1.807) is 0 Å². The van der Waals surface area contributed by atoms with E-state index in [-0.39, 0.29) is 13.8 Å². The minimum absolute atomic E-state index is 0.146. The summed E-state index contributed by atoms with van der Waals surface area (Å²) < 4.78 is 6.19. The Morgan fingerprint density at radius 2 is 1.79 bits per heavy atom. The van der Waals surface area contributed by atoms with Crippen molar-refractivity contribution in [2.24, 2.45) is 0 Å². The van der Waals surface area contributed by atoms with Crippen LogP contribution in [0.25, 0.3) is 0 Å². The van der Waals surface area contributed by atoms with Crippen molar-refractivity contribution in [3.05, 3.63) is 0 Å². The molecule has 4 fully saturated rings.